The van der Waals surface area contributed by atoms with Crippen LogP contribution in [0.4, 0.5) is 17.1 Å². The van der Waals surface area contributed by atoms with E-state index in [9.17, 15) is 0 Å². The summed E-state index contributed by atoms with van der Waals surface area (Å²) >= 11 is 0. The minimum atomic E-state index is -0.128. The standard InChI is InChI=1S/C63H43NO2/c1-63(2)54-19-11-9-17-51(54)52-34-33-48(39-55(52)63)64(46-29-25-43(26-30-46)41-15-7-4-8-16-41)47-31-27-45(28-32-47)50-36-35-49(44-23-21-42(22-24-44)40-13-5-3-6-14-40)60-61-58(66-62(50)60)38-37-57-59(61)53-18-10-12-20-56(53)65-57/h3-39H,1-2H3. The zero-order valence-electron chi connectivity index (χ0n) is 36.6. The van der Waals surface area contributed by atoms with E-state index in [4.69, 9.17) is 8.83 Å². The third kappa shape index (κ3) is 5.97. The van der Waals surface area contributed by atoms with E-state index in [-0.39, 0.29) is 5.41 Å². The highest BCUT2D eigenvalue weighted by molar-refractivity contribution is 6.29. The number of para-hydroxylation sites is 1. The van der Waals surface area contributed by atoms with Gasteiger partial charge in [0.1, 0.15) is 22.3 Å². The lowest BCUT2D eigenvalue weighted by atomic mass is 9.82. The lowest BCUT2D eigenvalue weighted by Crippen LogP contribution is -2.16. The van der Waals surface area contributed by atoms with Crippen molar-refractivity contribution >= 4 is 60.9 Å². The van der Waals surface area contributed by atoms with E-state index in [1.807, 2.05) is 18.2 Å². The third-order valence-electron chi connectivity index (χ3n) is 13.9. The molecule has 66 heavy (non-hydrogen) atoms. The van der Waals surface area contributed by atoms with Crippen LogP contribution in [0.2, 0.25) is 0 Å². The Bertz CT molecular complexity index is 3800. The first kappa shape index (κ1) is 38.1. The molecule has 0 atom stereocenters. The Morgan fingerprint density at radius 3 is 1.50 bits per heavy atom. The van der Waals surface area contributed by atoms with Crippen LogP contribution in [-0.4, -0.2) is 0 Å². The molecule has 0 fully saturated rings. The van der Waals surface area contributed by atoms with Gasteiger partial charge in [-0.15, -0.1) is 0 Å². The maximum atomic E-state index is 7.02. The van der Waals surface area contributed by atoms with Crippen LogP contribution in [0.3, 0.4) is 0 Å². The van der Waals surface area contributed by atoms with Crippen molar-refractivity contribution < 1.29 is 8.83 Å². The summed E-state index contributed by atoms with van der Waals surface area (Å²) in [6.45, 7) is 4.69. The first-order valence-electron chi connectivity index (χ1n) is 22.7. The molecule has 0 saturated heterocycles. The van der Waals surface area contributed by atoms with E-state index in [2.05, 4.69) is 225 Å². The first-order chi connectivity index (χ1) is 32.5. The molecule has 0 N–H and O–H groups in total. The van der Waals surface area contributed by atoms with Gasteiger partial charge in [0.2, 0.25) is 0 Å². The molecule has 0 radical (unpaired) electrons. The van der Waals surface area contributed by atoms with Gasteiger partial charge in [-0.25, -0.2) is 0 Å². The van der Waals surface area contributed by atoms with Gasteiger partial charge in [0.25, 0.3) is 0 Å². The maximum Gasteiger partial charge on any atom is 0.143 e. The van der Waals surface area contributed by atoms with E-state index < -0.39 is 0 Å². The van der Waals surface area contributed by atoms with Crippen LogP contribution < -0.4 is 4.90 Å². The summed E-state index contributed by atoms with van der Waals surface area (Å²) in [4.78, 5) is 2.39. The zero-order valence-corrected chi connectivity index (χ0v) is 36.6. The maximum absolute atomic E-state index is 7.02. The van der Waals surface area contributed by atoms with Gasteiger partial charge in [-0.3, -0.25) is 0 Å². The van der Waals surface area contributed by atoms with Crippen molar-refractivity contribution in [3.8, 4) is 55.6 Å². The van der Waals surface area contributed by atoms with Crippen molar-refractivity contribution in [2.45, 2.75) is 19.3 Å². The van der Waals surface area contributed by atoms with Gasteiger partial charge in [-0.2, -0.15) is 0 Å². The Labute approximate surface area is 383 Å². The summed E-state index contributed by atoms with van der Waals surface area (Å²) < 4.78 is 13.5. The number of anilines is 3. The summed E-state index contributed by atoms with van der Waals surface area (Å²) in [5.41, 5.74) is 21.0. The van der Waals surface area contributed by atoms with Crippen molar-refractivity contribution in [2.75, 3.05) is 4.90 Å². The van der Waals surface area contributed by atoms with Gasteiger partial charge in [0.15, 0.2) is 0 Å². The van der Waals surface area contributed by atoms with Crippen LogP contribution in [0.5, 0.6) is 0 Å². The molecular formula is C63H43NO2. The fourth-order valence-corrected chi connectivity index (χ4v) is 10.6. The van der Waals surface area contributed by atoms with E-state index in [0.717, 1.165) is 83.2 Å². The minimum absolute atomic E-state index is 0.128. The lowest BCUT2D eigenvalue weighted by molar-refractivity contribution is 0.660. The summed E-state index contributed by atoms with van der Waals surface area (Å²) in [7, 11) is 0. The predicted molar refractivity (Wildman–Crippen MR) is 275 cm³/mol. The van der Waals surface area contributed by atoms with Crippen molar-refractivity contribution in [3.63, 3.8) is 0 Å². The second-order valence-corrected chi connectivity index (χ2v) is 18.0. The van der Waals surface area contributed by atoms with Gasteiger partial charge in [0, 0.05) is 49.6 Å². The number of rotatable bonds is 7. The fraction of sp³-hybridized carbons (Fsp3) is 0.0476. The number of hydrogen-bond acceptors (Lipinski definition) is 3. The molecule has 2 heterocycles. The Morgan fingerprint density at radius 1 is 0.318 bits per heavy atom. The lowest BCUT2D eigenvalue weighted by Gasteiger charge is -2.28. The van der Waals surface area contributed by atoms with Crippen molar-refractivity contribution in [2.24, 2.45) is 0 Å². The molecule has 0 saturated carbocycles. The quantitative estimate of drug-likeness (QED) is 0.160. The summed E-state index contributed by atoms with van der Waals surface area (Å²) in [5.74, 6) is 0. The topological polar surface area (TPSA) is 29.5 Å². The van der Waals surface area contributed by atoms with Crippen LogP contribution in [0.1, 0.15) is 25.0 Å². The van der Waals surface area contributed by atoms with Gasteiger partial charge < -0.3 is 13.7 Å². The molecule has 1 aliphatic carbocycles. The van der Waals surface area contributed by atoms with E-state index in [0.29, 0.717) is 0 Å². The number of nitrogens with zero attached hydrogens (tertiary/aromatic N) is 1. The molecular weight excluding hydrogens is 803 g/mol. The van der Waals surface area contributed by atoms with Crippen molar-refractivity contribution in [1.29, 1.82) is 0 Å². The molecule has 13 rings (SSSR count). The molecule has 1 aliphatic rings. The van der Waals surface area contributed by atoms with Crippen LogP contribution in [0, 0.1) is 0 Å². The van der Waals surface area contributed by atoms with Gasteiger partial charge in [-0.1, -0.05) is 178 Å². The van der Waals surface area contributed by atoms with E-state index >= 15 is 0 Å². The molecule has 3 nitrogen and oxygen atoms in total. The molecule has 3 heteroatoms. The van der Waals surface area contributed by atoms with Gasteiger partial charge in [-0.05, 0) is 122 Å². The van der Waals surface area contributed by atoms with Crippen LogP contribution in [0.15, 0.2) is 233 Å². The summed E-state index contributed by atoms with van der Waals surface area (Å²) in [6.07, 6.45) is 0. The minimum Gasteiger partial charge on any atom is -0.456 e. The monoisotopic (exact) mass is 845 g/mol. The molecule has 12 aromatic rings. The number of fused-ring (bicyclic) bond motifs is 10. The zero-order chi connectivity index (χ0) is 43.9. The summed E-state index contributed by atoms with van der Waals surface area (Å²) in [6, 6.07) is 80.7. The second-order valence-electron chi connectivity index (χ2n) is 18.0. The fourth-order valence-electron chi connectivity index (χ4n) is 10.6. The third-order valence-corrected chi connectivity index (χ3v) is 13.9. The normalized spacial score (nSPS) is 12.8. The van der Waals surface area contributed by atoms with Crippen molar-refractivity contribution in [3.05, 3.63) is 236 Å². The average molecular weight is 846 g/mol. The average Bonchev–Trinajstić information content (AvgIpc) is 4.03. The molecule has 0 amide bonds. The number of hydrogen-bond donors (Lipinski definition) is 0. The largest absolute Gasteiger partial charge is 0.456 e. The summed E-state index contributed by atoms with van der Waals surface area (Å²) in [5, 5.41) is 4.31. The number of furan rings is 2. The van der Waals surface area contributed by atoms with Gasteiger partial charge in [0.05, 0.1) is 0 Å². The SMILES string of the molecule is CC1(C)c2ccccc2-c2ccc(N(c3ccc(-c4ccccc4)cc3)c3ccc(-c4ccc(-c5ccc(-c6ccccc6)cc5)c5c4oc4ccc6oc7ccccc7c6c45)cc3)cc21. The molecule has 0 spiro atoms. The Morgan fingerprint density at radius 2 is 0.803 bits per heavy atom. The van der Waals surface area contributed by atoms with Crippen molar-refractivity contribution in [1.82, 2.24) is 0 Å². The molecule has 0 aliphatic heterocycles. The van der Waals surface area contributed by atoms with E-state index in [1.165, 1.54) is 44.5 Å². The van der Waals surface area contributed by atoms with Crippen LogP contribution >= 0.6 is 0 Å². The van der Waals surface area contributed by atoms with E-state index in [1.54, 1.807) is 0 Å². The Hall–Kier alpha value is -8.40. The van der Waals surface area contributed by atoms with Crippen LogP contribution in [-0.2, 0) is 5.41 Å². The Kier molecular flexibility index (Phi) is 8.56. The molecule has 0 unspecified atom stereocenters. The molecule has 0 bridgehead atoms. The molecule has 312 valence electrons. The predicted octanol–water partition coefficient (Wildman–Crippen LogP) is 17.9. The highest BCUT2D eigenvalue weighted by Crippen LogP contribution is 2.51. The number of benzene rings is 10. The highest BCUT2D eigenvalue weighted by Gasteiger charge is 2.36. The smallest absolute Gasteiger partial charge is 0.143 e. The van der Waals surface area contributed by atoms with Crippen LogP contribution in [0.25, 0.3) is 99.5 Å². The first-order valence-corrected chi connectivity index (χ1v) is 22.7. The van der Waals surface area contributed by atoms with Gasteiger partial charge >= 0.3 is 0 Å². The molecule has 10 aromatic carbocycles. The second kappa shape index (κ2) is 14.8. The molecule has 2 aromatic heterocycles. The highest BCUT2D eigenvalue weighted by atomic mass is 16.3. The Balaban J connectivity index is 0.964.